The number of carbonyl (C=O) groups excluding carboxylic acids is 1. The second kappa shape index (κ2) is 5.88. The molecule has 1 amide bonds. The molecule has 1 aliphatic heterocycles. The highest BCUT2D eigenvalue weighted by Crippen LogP contribution is 2.32. The molecule has 1 unspecified atom stereocenters. The number of aryl methyl sites for hydroxylation is 1. The van der Waals surface area contributed by atoms with E-state index < -0.39 is 0 Å². The van der Waals surface area contributed by atoms with Crippen LogP contribution in [0.15, 0.2) is 17.8 Å². The number of aromatic nitrogens is 2. The van der Waals surface area contributed by atoms with E-state index in [0.29, 0.717) is 5.92 Å². The van der Waals surface area contributed by atoms with Crippen molar-refractivity contribution in [2.75, 3.05) is 13.1 Å². The normalized spacial score (nSPS) is 21.6. The molecule has 0 bridgehead atoms. The maximum Gasteiger partial charge on any atom is 0.255 e. The third kappa shape index (κ3) is 2.47. The van der Waals surface area contributed by atoms with Crippen LogP contribution < -0.4 is 0 Å². The lowest BCUT2D eigenvalue weighted by atomic mass is 9.93. The fourth-order valence-corrected chi connectivity index (χ4v) is 4.85. The standard InChI is InChI=1S/C17H21N3OS/c21-17(14-11-22-15-6-2-1-5-13(14)15)20-9-3-4-12(10-20)16-18-7-8-19-16/h7-8,11-12H,1-6,9-10H2,(H,18,19). The quantitative estimate of drug-likeness (QED) is 0.923. The number of imidazole rings is 1. The van der Waals surface area contributed by atoms with Gasteiger partial charge < -0.3 is 9.88 Å². The third-order valence-corrected chi connectivity index (χ3v) is 6.00. The van der Waals surface area contributed by atoms with Gasteiger partial charge in [0.05, 0.1) is 5.56 Å². The number of hydrogen-bond acceptors (Lipinski definition) is 3. The molecule has 22 heavy (non-hydrogen) atoms. The van der Waals surface area contributed by atoms with Crippen LogP contribution in [0.5, 0.6) is 0 Å². The number of nitrogens with zero attached hydrogens (tertiary/aromatic N) is 2. The van der Waals surface area contributed by atoms with Crippen molar-refractivity contribution in [3.8, 4) is 0 Å². The Morgan fingerprint density at radius 1 is 1.32 bits per heavy atom. The Bertz CT molecular complexity index is 662. The number of likely N-dealkylation sites (tertiary alicyclic amines) is 1. The number of thiophene rings is 1. The summed E-state index contributed by atoms with van der Waals surface area (Å²) < 4.78 is 0. The van der Waals surface area contributed by atoms with E-state index >= 15 is 0 Å². The zero-order chi connectivity index (χ0) is 14.9. The van der Waals surface area contributed by atoms with E-state index in [4.69, 9.17) is 0 Å². The SMILES string of the molecule is O=C(c1csc2c1CCCC2)N1CCCC(c2ncc[nH]2)C1. The van der Waals surface area contributed by atoms with Gasteiger partial charge in [0.15, 0.2) is 0 Å². The molecule has 2 aliphatic rings. The highest BCUT2D eigenvalue weighted by molar-refractivity contribution is 7.10. The molecule has 1 aliphatic carbocycles. The molecule has 1 atom stereocenters. The van der Waals surface area contributed by atoms with Crippen LogP contribution in [-0.4, -0.2) is 33.9 Å². The van der Waals surface area contributed by atoms with Gasteiger partial charge in [0.1, 0.15) is 5.82 Å². The average Bonchev–Trinajstić information content (AvgIpc) is 3.24. The number of hydrogen-bond donors (Lipinski definition) is 1. The molecule has 4 nitrogen and oxygen atoms in total. The van der Waals surface area contributed by atoms with E-state index in [-0.39, 0.29) is 5.91 Å². The first-order chi connectivity index (χ1) is 10.8. The topological polar surface area (TPSA) is 49.0 Å². The average molecular weight is 315 g/mol. The van der Waals surface area contributed by atoms with E-state index in [1.807, 2.05) is 11.1 Å². The lowest BCUT2D eigenvalue weighted by Gasteiger charge is -2.32. The number of fused-ring (bicyclic) bond motifs is 1. The summed E-state index contributed by atoms with van der Waals surface area (Å²) in [6.45, 7) is 1.66. The van der Waals surface area contributed by atoms with Crippen molar-refractivity contribution in [2.45, 2.75) is 44.4 Å². The number of aromatic amines is 1. The van der Waals surface area contributed by atoms with E-state index in [1.54, 1.807) is 17.5 Å². The zero-order valence-electron chi connectivity index (χ0n) is 12.7. The molecule has 1 fully saturated rings. The van der Waals surface area contributed by atoms with Gasteiger partial charge in [-0.1, -0.05) is 0 Å². The Kier molecular flexibility index (Phi) is 3.74. The lowest BCUT2D eigenvalue weighted by molar-refractivity contribution is 0.0704. The fraction of sp³-hybridized carbons (Fsp3) is 0.529. The molecular formula is C17H21N3OS. The van der Waals surface area contributed by atoms with Crippen molar-refractivity contribution in [1.29, 1.82) is 0 Å². The van der Waals surface area contributed by atoms with Crippen molar-refractivity contribution in [2.24, 2.45) is 0 Å². The van der Waals surface area contributed by atoms with Crippen LogP contribution in [0.4, 0.5) is 0 Å². The molecule has 3 heterocycles. The van der Waals surface area contributed by atoms with Gasteiger partial charge in [0.25, 0.3) is 5.91 Å². The molecule has 5 heteroatoms. The summed E-state index contributed by atoms with van der Waals surface area (Å²) in [6, 6.07) is 0. The number of nitrogens with one attached hydrogen (secondary N) is 1. The van der Waals surface area contributed by atoms with E-state index in [1.165, 1.54) is 23.3 Å². The Morgan fingerprint density at radius 2 is 2.23 bits per heavy atom. The van der Waals surface area contributed by atoms with Gasteiger partial charge in [-0.2, -0.15) is 0 Å². The Morgan fingerprint density at radius 3 is 3.09 bits per heavy atom. The van der Waals surface area contributed by atoms with Crippen molar-refractivity contribution >= 4 is 17.2 Å². The second-order valence-electron chi connectivity index (χ2n) is 6.32. The van der Waals surface area contributed by atoms with Crippen LogP contribution in [0.25, 0.3) is 0 Å². The molecule has 1 saturated heterocycles. The van der Waals surface area contributed by atoms with Gasteiger partial charge in [0.2, 0.25) is 0 Å². The molecule has 2 aromatic heterocycles. The van der Waals surface area contributed by atoms with E-state index in [0.717, 1.165) is 50.2 Å². The van der Waals surface area contributed by atoms with Crippen LogP contribution >= 0.6 is 11.3 Å². The van der Waals surface area contributed by atoms with Gasteiger partial charge in [-0.3, -0.25) is 4.79 Å². The minimum atomic E-state index is 0.232. The maximum absolute atomic E-state index is 12.9. The minimum Gasteiger partial charge on any atom is -0.348 e. The zero-order valence-corrected chi connectivity index (χ0v) is 13.5. The number of piperidine rings is 1. The summed E-state index contributed by atoms with van der Waals surface area (Å²) in [5.41, 5.74) is 2.31. The van der Waals surface area contributed by atoms with Crippen LogP contribution in [0.1, 0.15) is 58.2 Å². The molecule has 0 radical (unpaired) electrons. The van der Waals surface area contributed by atoms with Crippen molar-refractivity contribution in [1.82, 2.24) is 14.9 Å². The smallest absolute Gasteiger partial charge is 0.255 e. The molecule has 0 saturated carbocycles. The molecule has 0 spiro atoms. The highest BCUT2D eigenvalue weighted by Gasteiger charge is 2.29. The highest BCUT2D eigenvalue weighted by atomic mass is 32.1. The number of H-pyrrole nitrogens is 1. The lowest BCUT2D eigenvalue weighted by Crippen LogP contribution is -2.39. The maximum atomic E-state index is 12.9. The van der Waals surface area contributed by atoms with Gasteiger partial charge in [-0.05, 0) is 44.1 Å². The number of amides is 1. The first kappa shape index (κ1) is 14.0. The Hall–Kier alpha value is -1.62. The van der Waals surface area contributed by atoms with Crippen LogP contribution in [0.3, 0.4) is 0 Å². The summed E-state index contributed by atoms with van der Waals surface area (Å²) >= 11 is 1.78. The summed E-state index contributed by atoms with van der Waals surface area (Å²) in [6.07, 6.45) is 10.6. The van der Waals surface area contributed by atoms with Crippen LogP contribution in [-0.2, 0) is 12.8 Å². The second-order valence-corrected chi connectivity index (χ2v) is 7.29. The molecule has 116 valence electrons. The van der Waals surface area contributed by atoms with E-state index in [2.05, 4.69) is 15.3 Å². The fourth-order valence-electron chi connectivity index (χ4n) is 3.73. The van der Waals surface area contributed by atoms with Crippen molar-refractivity contribution in [3.63, 3.8) is 0 Å². The number of rotatable bonds is 2. The van der Waals surface area contributed by atoms with Gasteiger partial charge in [-0.15, -0.1) is 11.3 Å². The summed E-state index contributed by atoms with van der Waals surface area (Å²) in [4.78, 5) is 24.0. The first-order valence-corrected chi connectivity index (χ1v) is 9.08. The van der Waals surface area contributed by atoms with Crippen LogP contribution in [0, 0.1) is 0 Å². The van der Waals surface area contributed by atoms with E-state index in [9.17, 15) is 4.79 Å². The van der Waals surface area contributed by atoms with Crippen molar-refractivity contribution in [3.05, 3.63) is 39.6 Å². The minimum absolute atomic E-state index is 0.232. The molecule has 2 aromatic rings. The molecular weight excluding hydrogens is 294 g/mol. The summed E-state index contributed by atoms with van der Waals surface area (Å²) in [5, 5.41) is 2.09. The predicted molar refractivity (Wildman–Crippen MR) is 87.4 cm³/mol. The molecule has 1 N–H and O–H groups in total. The predicted octanol–water partition coefficient (Wildman–Crippen LogP) is 3.37. The third-order valence-electron chi connectivity index (χ3n) is 4.91. The van der Waals surface area contributed by atoms with Gasteiger partial charge >= 0.3 is 0 Å². The molecule has 4 rings (SSSR count). The Balaban J connectivity index is 1.54. The summed E-state index contributed by atoms with van der Waals surface area (Å²) in [5.74, 6) is 1.60. The monoisotopic (exact) mass is 315 g/mol. The largest absolute Gasteiger partial charge is 0.348 e. The van der Waals surface area contributed by atoms with Gasteiger partial charge in [0, 0.05) is 41.7 Å². The van der Waals surface area contributed by atoms with Crippen molar-refractivity contribution < 1.29 is 4.79 Å². The Labute approximate surface area is 134 Å². The molecule has 0 aromatic carbocycles. The van der Waals surface area contributed by atoms with Gasteiger partial charge in [-0.25, -0.2) is 4.98 Å². The van der Waals surface area contributed by atoms with Crippen LogP contribution in [0.2, 0.25) is 0 Å². The summed E-state index contributed by atoms with van der Waals surface area (Å²) in [7, 11) is 0. The number of carbonyl (C=O) groups is 1. The first-order valence-electron chi connectivity index (χ1n) is 8.20.